The summed E-state index contributed by atoms with van der Waals surface area (Å²) in [4.78, 5) is 9.17. The summed E-state index contributed by atoms with van der Waals surface area (Å²) in [5.74, 6) is -0.739. The molecule has 1 saturated carbocycles. The van der Waals surface area contributed by atoms with Crippen LogP contribution in [-0.4, -0.2) is 32.0 Å². The van der Waals surface area contributed by atoms with E-state index in [4.69, 9.17) is 0 Å². The largest absolute Gasteiger partial charge is 0.366 e. The van der Waals surface area contributed by atoms with Gasteiger partial charge in [-0.25, -0.2) is 23.4 Å². The van der Waals surface area contributed by atoms with Crippen molar-refractivity contribution in [1.29, 1.82) is 0 Å². The van der Waals surface area contributed by atoms with Crippen molar-refractivity contribution in [2.24, 2.45) is 0 Å². The molecule has 136 valence electrons. The molecule has 0 radical (unpaired) electrons. The van der Waals surface area contributed by atoms with Gasteiger partial charge >= 0.3 is 0 Å². The van der Waals surface area contributed by atoms with Crippen molar-refractivity contribution in [3.63, 3.8) is 0 Å². The summed E-state index contributed by atoms with van der Waals surface area (Å²) in [6, 6.07) is 4.43. The number of nitrogens with one attached hydrogen (secondary N) is 1. The van der Waals surface area contributed by atoms with Crippen LogP contribution in [0.25, 0.3) is 11.0 Å². The minimum absolute atomic E-state index is 0.134. The van der Waals surface area contributed by atoms with Crippen molar-refractivity contribution >= 4 is 28.6 Å². The van der Waals surface area contributed by atoms with E-state index in [0.29, 0.717) is 5.16 Å². The number of anilines is 1. The van der Waals surface area contributed by atoms with Gasteiger partial charge in [-0.05, 0) is 44.2 Å². The van der Waals surface area contributed by atoms with Gasteiger partial charge in [0, 0.05) is 18.0 Å². The van der Waals surface area contributed by atoms with E-state index in [1.807, 2.05) is 10.9 Å². The van der Waals surface area contributed by atoms with Crippen molar-refractivity contribution in [2.45, 2.75) is 43.4 Å². The predicted molar refractivity (Wildman–Crippen MR) is 98.6 cm³/mol. The molecule has 0 unspecified atom stereocenters. The molecule has 1 N–H and O–H groups in total. The Labute approximate surface area is 154 Å². The minimum atomic E-state index is -0.817. The number of hydrogen-bond donors (Lipinski definition) is 1. The summed E-state index contributed by atoms with van der Waals surface area (Å²) >= 11 is 1.48. The van der Waals surface area contributed by atoms with Crippen LogP contribution in [0.15, 0.2) is 29.6 Å². The molecule has 3 aromatic rings. The highest BCUT2D eigenvalue weighted by Crippen LogP contribution is 2.43. The Hall–Kier alpha value is -2.22. The highest BCUT2D eigenvalue weighted by atomic mass is 32.2. The van der Waals surface area contributed by atoms with Crippen LogP contribution in [0.1, 0.15) is 37.8 Å². The maximum Gasteiger partial charge on any atom is 0.191 e. The van der Waals surface area contributed by atoms with Crippen LogP contribution in [0.5, 0.6) is 0 Å². The lowest BCUT2D eigenvalue weighted by Crippen LogP contribution is -2.09. The fraction of sp³-hybridized carbons (Fsp3) is 0.389. The lowest BCUT2D eigenvalue weighted by atomic mass is 10.1. The van der Waals surface area contributed by atoms with Crippen LogP contribution in [0.2, 0.25) is 0 Å². The molecule has 2 heterocycles. The number of nitrogens with zero attached hydrogens (tertiary/aromatic N) is 4. The van der Waals surface area contributed by atoms with Crippen LogP contribution >= 0.6 is 11.8 Å². The number of aromatic nitrogens is 4. The summed E-state index contributed by atoms with van der Waals surface area (Å²) in [7, 11) is 0. The van der Waals surface area contributed by atoms with E-state index in [1.54, 1.807) is 12.3 Å². The van der Waals surface area contributed by atoms with Crippen molar-refractivity contribution < 1.29 is 8.78 Å². The van der Waals surface area contributed by atoms with Crippen molar-refractivity contribution in [3.05, 3.63) is 41.6 Å². The number of hydrogen-bond acceptors (Lipinski definition) is 5. The van der Waals surface area contributed by atoms with E-state index in [0.717, 1.165) is 28.8 Å². The molecular formula is C18H19F2N5S. The second-order valence-electron chi connectivity index (χ2n) is 6.75. The zero-order valence-electron chi connectivity index (χ0n) is 14.7. The molecular weight excluding hydrogens is 356 g/mol. The number of fused-ring (bicyclic) bond motifs is 1. The monoisotopic (exact) mass is 375 g/mol. The second kappa shape index (κ2) is 6.50. The lowest BCUT2D eigenvalue weighted by molar-refractivity contribution is 0.507. The number of benzene rings is 1. The van der Waals surface area contributed by atoms with Gasteiger partial charge in [-0.15, -0.1) is 0 Å². The van der Waals surface area contributed by atoms with E-state index in [9.17, 15) is 8.78 Å². The van der Waals surface area contributed by atoms with Gasteiger partial charge in [-0.1, -0.05) is 17.8 Å². The predicted octanol–water partition coefficient (Wildman–Crippen LogP) is 4.38. The van der Waals surface area contributed by atoms with Crippen LogP contribution < -0.4 is 5.32 Å². The molecule has 8 heteroatoms. The van der Waals surface area contributed by atoms with Crippen LogP contribution in [0.3, 0.4) is 0 Å². The first-order chi connectivity index (χ1) is 12.5. The fourth-order valence-electron chi connectivity index (χ4n) is 3.13. The van der Waals surface area contributed by atoms with Gasteiger partial charge in [-0.3, -0.25) is 0 Å². The van der Waals surface area contributed by atoms with Gasteiger partial charge in [0.2, 0.25) is 0 Å². The molecule has 0 amide bonds. The standard InChI is InChI=1S/C18H19F2N5S/c1-9(2)25-17-12(8-21-25)16(23-18(24-17)26-3)22-15-7-11(15)10-4-5-13(19)14(20)6-10/h4-6,8-9,11,15H,7H2,1-3H3,(H,22,23,24)/t11-,15+/m0/s1. The molecule has 26 heavy (non-hydrogen) atoms. The molecule has 0 bridgehead atoms. The van der Waals surface area contributed by atoms with E-state index in [1.165, 1.54) is 23.9 Å². The Bertz CT molecular complexity index is 972. The molecule has 1 fully saturated rings. The summed E-state index contributed by atoms with van der Waals surface area (Å²) in [6.07, 6.45) is 4.56. The molecule has 2 atom stereocenters. The number of rotatable bonds is 5. The van der Waals surface area contributed by atoms with Gasteiger partial charge < -0.3 is 5.32 Å². The fourth-order valence-corrected chi connectivity index (χ4v) is 3.49. The quantitative estimate of drug-likeness (QED) is 0.530. The second-order valence-corrected chi connectivity index (χ2v) is 7.52. The van der Waals surface area contributed by atoms with Crippen LogP contribution in [-0.2, 0) is 0 Å². The van der Waals surface area contributed by atoms with E-state index in [-0.39, 0.29) is 18.0 Å². The molecule has 2 aromatic heterocycles. The SMILES string of the molecule is CSc1nc(N[C@@H]2C[C@H]2c2ccc(F)c(F)c2)c2cnn(C(C)C)c2n1. The molecule has 1 aromatic carbocycles. The average Bonchev–Trinajstić information content (AvgIpc) is 3.23. The molecule has 1 aliphatic carbocycles. The molecule has 1 aliphatic rings. The Morgan fingerprint density at radius 3 is 2.73 bits per heavy atom. The maximum atomic E-state index is 13.5. The zero-order valence-corrected chi connectivity index (χ0v) is 15.5. The molecule has 4 rings (SSSR count). The summed E-state index contributed by atoms with van der Waals surface area (Å²) in [5.41, 5.74) is 1.60. The molecule has 0 saturated heterocycles. The summed E-state index contributed by atoms with van der Waals surface area (Å²) < 4.78 is 28.5. The topological polar surface area (TPSA) is 55.6 Å². The highest BCUT2D eigenvalue weighted by molar-refractivity contribution is 7.98. The average molecular weight is 375 g/mol. The van der Waals surface area contributed by atoms with E-state index >= 15 is 0 Å². The van der Waals surface area contributed by atoms with Gasteiger partial charge in [0.05, 0.1) is 11.6 Å². The Morgan fingerprint density at radius 2 is 2.04 bits per heavy atom. The first-order valence-electron chi connectivity index (χ1n) is 8.48. The van der Waals surface area contributed by atoms with Crippen LogP contribution in [0.4, 0.5) is 14.6 Å². The van der Waals surface area contributed by atoms with Crippen molar-refractivity contribution in [2.75, 3.05) is 11.6 Å². The zero-order chi connectivity index (χ0) is 18.4. The normalized spacial score (nSPS) is 19.3. The number of thioether (sulfide) groups is 1. The third-order valence-electron chi connectivity index (χ3n) is 4.59. The Kier molecular flexibility index (Phi) is 4.30. The van der Waals surface area contributed by atoms with Gasteiger partial charge in [0.25, 0.3) is 0 Å². The van der Waals surface area contributed by atoms with E-state index < -0.39 is 11.6 Å². The highest BCUT2D eigenvalue weighted by Gasteiger charge is 2.39. The molecule has 5 nitrogen and oxygen atoms in total. The van der Waals surface area contributed by atoms with Crippen molar-refractivity contribution in [1.82, 2.24) is 19.7 Å². The Balaban J connectivity index is 1.62. The van der Waals surface area contributed by atoms with E-state index in [2.05, 4.69) is 34.2 Å². The van der Waals surface area contributed by atoms with Gasteiger partial charge in [0.15, 0.2) is 22.4 Å². The van der Waals surface area contributed by atoms with Crippen LogP contribution in [0, 0.1) is 11.6 Å². The third-order valence-corrected chi connectivity index (χ3v) is 5.14. The minimum Gasteiger partial charge on any atom is -0.366 e. The molecule has 0 spiro atoms. The van der Waals surface area contributed by atoms with Crippen molar-refractivity contribution in [3.8, 4) is 0 Å². The summed E-state index contributed by atoms with van der Waals surface area (Å²) in [5, 5.41) is 9.41. The lowest BCUT2D eigenvalue weighted by Gasteiger charge is -2.10. The van der Waals surface area contributed by atoms with Gasteiger partial charge in [-0.2, -0.15) is 5.10 Å². The summed E-state index contributed by atoms with van der Waals surface area (Å²) in [6.45, 7) is 4.11. The maximum absolute atomic E-state index is 13.5. The third kappa shape index (κ3) is 3.02. The smallest absolute Gasteiger partial charge is 0.191 e. The Morgan fingerprint density at radius 1 is 1.23 bits per heavy atom. The molecule has 0 aliphatic heterocycles. The first kappa shape index (κ1) is 17.2. The van der Waals surface area contributed by atoms with Gasteiger partial charge in [0.1, 0.15) is 5.82 Å². The first-order valence-corrected chi connectivity index (χ1v) is 9.71. The number of halogens is 2.